The van der Waals surface area contributed by atoms with Gasteiger partial charge in [0.2, 0.25) is 0 Å². The first-order valence-corrected chi connectivity index (χ1v) is 5.76. The maximum atomic E-state index is 11.7. The van der Waals surface area contributed by atoms with Crippen molar-refractivity contribution >= 4 is 28.4 Å². The van der Waals surface area contributed by atoms with Crippen LogP contribution in [-0.2, 0) is 0 Å². The van der Waals surface area contributed by atoms with Crippen molar-refractivity contribution in [1.29, 1.82) is 0 Å². The highest BCUT2D eigenvalue weighted by molar-refractivity contribution is 6.35. The highest BCUT2D eigenvalue weighted by Crippen LogP contribution is 2.23. The van der Waals surface area contributed by atoms with Gasteiger partial charge in [-0.05, 0) is 18.6 Å². The Kier molecular flexibility index (Phi) is 3.66. The lowest BCUT2D eigenvalue weighted by Gasteiger charge is -2.00. The molecule has 2 rings (SSSR count). The summed E-state index contributed by atoms with van der Waals surface area (Å²) in [5, 5.41) is 12.8. The van der Waals surface area contributed by atoms with Gasteiger partial charge in [0.1, 0.15) is 5.69 Å². The van der Waals surface area contributed by atoms with Gasteiger partial charge in [-0.3, -0.25) is 4.79 Å². The minimum atomic E-state index is -0.189. The third-order valence-corrected chi connectivity index (χ3v) is 2.79. The van der Waals surface area contributed by atoms with Crippen LogP contribution in [0.25, 0.3) is 10.9 Å². The molecule has 90 valence electrons. The summed E-state index contributed by atoms with van der Waals surface area (Å²) in [7, 11) is 0. The van der Waals surface area contributed by atoms with Crippen LogP contribution >= 0.6 is 11.6 Å². The van der Waals surface area contributed by atoms with Crippen molar-refractivity contribution in [3.63, 3.8) is 0 Å². The van der Waals surface area contributed by atoms with E-state index in [0.29, 0.717) is 23.7 Å². The molecule has 4 nitrogen and oxygen atoms in total. The Bertz CT molecular complexity index is 536. The average Bonchev–Trinajstić information content (AvgIpc) is 2.75. The fourth-order valence-corrected chi connectivity index (χ4v) is 1.85. The topological polar surface area (TPSA) is 65.1 Å². The Morgan fingerprint density at radius 1 is 1.47 bits per heavy atom. The zero-order valence-electron chi connectivity index (χ0n) is 9.16. The van der Waals surface area contributed by atoms with E-state index in [4.69, 9.17) is 16.7 Å². The first kappa shape index (κ1) is 12.0. The number of para-hydroxylation sites is 1. The predicted octanol–water partition coefficient (Wildman–Crippen LogP) is 1.93. The van der Waals surface area contributed by atoms with Crippen molar-refractivity contribution in [2.45, 2.75) is 6.42 Å². The number of fused-ring (bicyclic) bond motifs is 1. The summed E-state index contributed by atoms with van der Waals surface area (Å²) < 4.78 is 0. The van der Waals surface area contributed by atoms with E-state index < -0.39 is 0 Å². The first-order chi connectivity index (χ1) is 8.22. The lowest BCUT2D eigenvalue weighted by molar-refractivity contribution is 0.0947. The number of carbonyl (C=O) groups excluding carboxylic acids is 1. The molecule has 1 heterocycles. The van der Waals surface area contributed by atoms with Gasteiger partial charge in [-0.25, -0.2) is 0 Å². The summed E-state index contributed by atoms with van der Waals surface area (Å²) in [6, 6.07) is 7.26. The number of carbonyl (C=O) groups is 1. The number of H-pyrrole nitrogens is 1. The average molecular weight is 253 g/mol. The van der Waals surface area contributed by atoms with Crippen LogP contribution in [0.4, 0.5) is 0 Å². The molecule has 0 fully saturated rings. The van der Waals surface area contributed by atoms with Gasteiger partial charge < -0.3 is 15.4 Å². The zero-order chi connectivity index (χ0) is 12.3. The zero-order valence-corrected chi connectivity index (χ0v) is 9.92. The molecular formula is C12H13ClN2O2. The van der Waals surface area contributed by atoms with E-state index in [9.17, 15) is 4.79 Å². The SMILES string of the molecule is O=C(NCCCO)c1cc2cccc(Cl)c2[nH]1. The number of aliphatic hydroxyl groups excluding tert-OH is 1. The van der Waals surface area contributed by atoms with Crippen molar-refractivity contribution in [2.75, 3.05) is 13.2 Å². The monoisotopic (exact) mass is 252 g/mol. The van der Waals surface area contributed by atoms with Crippen LogP contribution in [0, 0.1) is 0 Å². The maximum Gasteiger partial charge on any atom is 0.267 e. The number of nitrogens with one attached hydrogen (secondary N) is 2. The number of aliphatic hydroxyl groups is 1. The second-order valence-corrected chi connectivity index (χ2v) is 4.13. The number of halogens is 1. The molecule has 0 atom stereocenters. The molecule has 0 aliphatic heterocycles. The Morgan fingerprint density at radius 3 is 3.00 bits per heavy atom. The van der Waals surface area contributed by atoms with E-state index in [1.54, 1.807) is 12.1 Å². The molecule has 0 saturated carbocycles. The molecule has 1 aromatic heterocycles. The van der Waals surface area contributed by atoms with Gasteiger partial charge in [-0.1, -0.05) is 23.7 Å². The molecule has 0 aliphatic carbocycles. The molecule has 0 bridgehead atoms. The number of aromatic nitrogens is 1. The van der Waals surface area contributed by atoms with E-state index in [2.05, 4.69) is 10.3 Å². The summed E-state index contributed by atoms with van der Waals surface area (Å²) >= 11 is 6.01. The summed E-state index contributed by atoms with van der Waals surface area (Å²) in [5.41, 5.74) is 1.24. The van der Waals surface area contributed by atoms with Crippen molar-refractivity contribution in [3.05, 3.63) is 35.0 Å². The summed E-state index contributed by atoms with van der Waals surface area (Å²) in [6.45, 7) is 0.525. The third kappa shape index (κ3) is 2.60. The van der Waals surface area contributed by atoms with E-state index in [1.165, 1.54) is 0 Å². The van der Waals surface area contributed by atoms with Crippen LogP contribution in [0.3, 0.4) is 0 Å². The molecule has 1 aromatic carbocycles. The number of amides is 1. The minimum absolute atomic E-state index is 0.0683. The quantitative estimate of drug-likeness (QED) is 0.728. The number of benzene rings is 1. The molecule has 0 aliphatic rings. The Morgan fingerprint density at radius 2 is 2.29 bits per heavy atom. The van der Waals surface area contributed by atoms with E-state index in [-0.39, 0.29) is 12.5 Å². The largest absolute Gasteiger partial charge is 0.396 e. The first-order valence-electron chi connectivity index (χ1n) is 5.38. The fraction of sp³-hybridized carbons (Fsp3) is 0.250. The van der Waals surface area contributed by atoms with Crippen LogP contribution in [0.1, 0.15) is 16.9 Å². The number of hydrogen-bond acceptors (Lipinski definition) is 2. The van der Waals surface area contributed by atoms with E-state index >= 15 is 0 Å². The summed E-state index contributed by atoms with van der Waals surface area (Å²) in [5.74, 6) is -0.189. The molecule has 0 radical (unpaired) electrons. The van der Waals surface area contributed by atoms with Gasteiger partial charge in [-0.2, -0.15) is 0 Å². The lowest BCUT2D eigenvalue weighted by atomic mass is 10.2. The fourth-order valence-electron chi connectivity index (χ4n) is 1.62. The Labute approximate surface area is 104 Å². The van der Waals surface area contributed by atoms with Crippen LogP contribution in [0.2, 0.25) is 5.02 Å². The van der Waals surface area contributed by atoms with Gasteiger partial charge in [0.15, 0.2) is 0 Å². The molecule has 0 saturated heterocycles. The van der Waals surface area contributed by atoms with Crippen molar-refractivity contribution in [1.82, 2.24) is 10.3 Å². The van der Waals surface area contributed by atoms with Gasteiger partial charge in [0.05, 0.1) is 10.5 Å². The molecule has 0 unspecified atom stereocenters. The minimum Gasteiger partial charge on any atom is -0.396 e. The molecular weight excluding hydrogens is 240 g/mol. The van der Waals surface area contributed by atoms with E-state index in [1.807, 2.05) is 12.1 Å². The van der Waals surface area contributed by atoms with Crippen molar-refractivity contribution in [3.8, 4) is 0 Å². The second kappa shape index (κ2) is 5.21. The highest BCUT2D eigenvalue weighted by Gasteiger charge is 2.09. The third-order valence-electron chi connectivity index (χ3n) is 2.47. The Hall–Kier alpha value is -1.52. The van der Waals surface area contributed by atoms with Crippen LogP contribution in [0.5, 0.6) is 0 Å². The molecule has 2 aromatic rings. The Balaban J connectivity index is 2.19. The van der Waals surface area contributed by atoms with Crippen LogP contribution < -0.4 is 5.32 Å². The normalized spacial score (nSPS) is 10.7. The lowest BCUT2D eigenvalue weighted by Crippen LogP contribution is -2.25. The molecule has 1 amide bonds. The van der Waals surface area contributed by atoms with Crippen LogP contribution in [-0.4, -0.2) is 29.1 Å². The molecule has 17 heavy (non-hydrogen) atoms. The second-order valence-electron chi connectivity index (χ2n) is 3.72. The van der Waals surface area contributed by atoms with Crippen molar-refractivity contribution in [2.24, 2.45) is 0 Å². The number of aromatic amines is 1. The number of rotatable bonds is 4. The van der Waals surface area contributed by atoms with Crippen LogP contribution in [0.15, 0.2) is 24.3 Å². The predicted molar refractivity (Wildman–Crippen MR) is 67.3 cm³/mol. The highest BCUT2D eigenvalue weighted by atomic mass is 35.5. The molecule has 3 N–H and O–H groups in total. The van der Waals surface area contributed by atoms with Gasteiger partial charge in [-0.15, -0.1) is 0 Å². The molecule has 0 spiro atoms. The van der Waals surface area contributed by atoms with Gasteiger partial charge in [0.25, 0.3) is 5.91 Å². The summed E-state index contributed by atoms with van der Waals surface area (Å²) in [6.07, 6.45) is 0.548. The standard InChI is InChI=1S/C12H13ClN2O2/c13-9-4-1-3-8-7-10(15-11(8)9)12(17)14-5-2-6-16/h1,3-4,7,15-16H,2,5-6H2,(H,14,17). The van der Waals surface area contributed by atoms with Gasteiger partial charge in [0, 0.05) is 18.5 Å². The van der Waals surface area contributed by atoms with E-state index in [0.717, 1.165) is 10.9 Å². The maximum absolute atomic E-state index is 11.7. The number of hydrogen-bond donors (Lipinski definition) is 3. The summed E-state index contributed by atoms with van der Waals surface area (Å²) in [4.78, 5) is 14.7. The molecule has 5 heteroatoms. The van der Waals surface area contributed by atoms with Gasteiger partial charge >= 0.3 is 0 Å². The smallest absolute Gasteiger partial charge is 0.267 e. The van der Waals surface area contributed by atoms with Crippen molar-refractivity contribution < 1.29 is 9.90 Å².